The first-order chi connectivity index (χ1) is 5.16. The van der Waals surface area contributed by atoms with Crippen LogP contribution in [0.25, 0.3) is 0 Å². The van der Waals surface area contributed by atoms with E-state index in [0.717, 1.165) is 0 Å². The van der Waals surface area contributed by atoms with E-state index in [1.807, 2.05) is 0 Å². The number of alkyl halides is 1. The molecule has 0 atom stereocenters. The summed E-state index contributed by atoms with van der Waals surface area (Å²) in [6.45, 7) is 1.68. The van der Waals surface area contributed by atoms with Gasteiger partial charge in [-0.15, -0.1) is 11.6 Å². The van der Waals surface area contributed by atoms with Crippen molar-refractivity contribution in [3.8, 4) is 0 Å². The van der Waals surface area contributed by atoms with Crippen LogP contribution < -0.4 is 0 Å². The van der Waals surface area contributed by atoms with Crippen LogP contribution in [0.2, 0.25) is 0 Å². The second-order valence-electron chi connectivity index (χ2n) is 1.90. The quantitative estimate of drug-likeness (QED) is 0.510. The lowest BCUT2D eigenvalue weighted by Gasteiger charge is -1.99. The van der Waals surface area contributed by atoms with Crippen molar-refractivity contribution in [2.75, 3.05) is 12.5 Å². The van der Waals surface area contributed by atoms with Gasteiger partial charge in [0, 0.05) is 24.3 Å². The predicted octanol–water partition coefficient (Wildman–Crippen LogP) is 2.30. The zero-order valence-electron chi connectivity index (χ0n) is 6.27. The van der Waals surface area contributed by atoms with Gasteiger partial charge in [0.05, 0.1) is 6.61 Å². The molecule has 0 radical (unpaired) electrons. The molecule has 0 aliphatic heterocycles. The lowest BCUT2D eigenvalue weighted by molar-refractivity contribution is -0.140. The summed E-state index contributed by atoms with van der Waals surface area (Å²) in [6, 6.07) is 0. The first kappa shape index (κ1) is 10.8. The molecule has 0 spiro atoms. The Morgan fingerprint density at radius 1 is 1.64 bits per heavy atom. The second kappa shape index (κ2) is 6.50. The number of carbonyl (C=O) groups is 1. The molecule has 0 aromatic rings. The maximum atomic E-state index is 10.3. The fourth-order valence-corrected chi connectivity index (χ4v) is 0.898. The minimum absolute atomic E-state index is 0.291. The molecule has 0 bridgehead atoms. The van der Waals surface area contributed by atoms with E-state index in [9.17, 15) is 4.79 Å². The summed E-state index contributed by atoms with van der Waals surface area (Å²) >= 11 is 11.0. The first-order valence-electron chi connectivity index (χ1n) is 3.20. The fourth-order valence-electron chi connectivity index (χ4n) is 0.478. The lowest BCUT2D eigenvalue weighted by Crippen LogP contribution is -2.00. The number of hydrogen-bond donors (Lipinski definition) is 0. The molecule has 0 N–H and O–H groups in total. The predicted molar refractivity (Wildman–Crippen MR) is 45.9 cm³/mol. The molecule has 0 saturated heterocycles. The third kappa shape index (κ3) is 7.69. The van der Waals surface area contributed by atoms with Gasteiger partial charge in [0.1, 0.15) is 0 Å². The van der Waals surface area contributed by atoms with Crippen LogP contribution in [0.4, 0.5) is 0 Å². The minimum Gasteiger partial charge on any atom is -0.465 e. The highest BCUT2D eigenvalue weighted by Crippen LogP contribution is 2.06. The maximum absolute atomic E-state index is 10.3. The smallest absolute Gasteiger partial charge is 0.302 e. The molecule has 0 unspecified atom stereocenters. The molecule has 0 aromatic heterocycles. The van der Waals surface area contributed by atoms with Gasteiger partial charge < -0.3 is 4.74 Å². The third-order valence-corrected chi connectivity index (χ3v) is 1.44. The van der Waals surface area contributed by atoms with Gasteiger partial charge >= 0.3 is 5.97 Å². The van der Waals surface area contributed by atoms with Gasteiger partial charge in [0.2, 0.25) is 0 Å². The Kier molecular flexibility index (Phi) is 6.37. The average Bonchev–Trinajstić information content (AvgIpc) is 1.87. The fraction of sp³-hybridized carbons (Fsp3) is 0.571. The molecular weight excluding hydrogens is 187 g/mol. The molecule has 11 heavy (non-hydrogen) atoms. The van der Waals surface area contributed by atoms with E-state index in [-0.39, 0.29) is 5.97 Å². The highest BCUT2D eigenvalue weighted by Gasteiger charge is 1.94. The molecule has 64 valence electrons. The number of esters is 1. The van der Waals surface area contributed by atoms with E-state index in [1.54, 1.807) is 6.08 Å². The highest BCUT2D eigenvalue weighted by atomic mass is 35.5. The Bertz CT molecular complexity index is 155. The van der Waals surface area contributed by atoms with Crippen LogP contribution >= 0.6 is 23.2 Å². The Morgan fingerprint density at radius 2 is 2.27 bits per heavy atom. The van der Waals surface area contributed by atoms with Gasteiger partial charge in [0.25, 0.3) is 0 Å². The van der Waals surface area contributed by atoms with E-state index in [2.05, 4.69) is 4.74 Å². The highest BCUT2D eigenvalue weighted by molar-refractivity contribution is 6.30. The van der Waals surface area contributed by atoms with Gasteiger partial charge in [-0.1, -0.05) is 17.7 Å². The monoisotopic (exact) mass is 196 g/mol. The molecule has 0 aromatic carbocycles. The van der Waals surface area contributed by atoms with E-state index in [1.165, 1.54) is 6.92 Å². The zero-order valence-corrected chi connectivity index (χ0v) is 7.78. The largest absolute Gasteiger partial charge is 0.465 e. The SMILES string of the molecule is CC(=O)OCC/C(Cl)=C/CCl. The number of allylic oxidation sites excluding steroid dienone is 1. The Balaban J connectivity index is 3.38. The summed E-state index contributed by atoms with van der Waals surface area (Å²) in [4.78, 5) is 10.3. The van der Waals surface area contributed by atoms with Crippen molar-refractivity contribution in [2.45, 2.75) is 13.3 Å². The molecule has 2 nitrogen and oxygen atoms in total. The van der Waals surface area contributed by atoms with Gasteiger partial charge in [0.15, 0.2) is 0 Å². The molecule has 0 heterocycles. The molecule has 0 rings (SSSR count). The number of hydrogen-bond acceptors (Lipinski definition) is 2. The summed E-state index contributed by atoms with van der Waals surface area (Å²) in [7, 11) is 0. The van der Waals surface area contributed by atoms with Crippen LogP contribution in [0.1, 0.15) is 13.3 Å². The van der Waals surface area contributed by atoms with Crippen molar-refractivity contribution in [3.63, 3.8) is 0 Å². The molecule has 4 heteroatoms. The van der Waals surface area contributed by atoms with E-state index < -0.39 is 0 Å². The maximum Gasteiger partial charge on any atom is 0.302 e. The zero-order chi connectivity index (χ0) is 8.69. The van der Waals surface area contributed by atoms with Gasteiger partial charge in [-0.2, -0.15) is 0 Å². The topological polar surface area (TPSA) is 26.3 Å². The lowest BCUT2D eigenvalue weighted by atomic mass is 10.4. The first-order valence-corrected chi connectivity index (χ1v) is 4.12. The summed E-state index contributed by atoms with van der Waals surface area (Å²) < 4.78 is 4.65. The summed E-state index contributed by atoms with van der Waals surface area (Å²) in [5.41, 5.74) is 0. The van der Waals surface area contributed by atoms with E-state index >= 15 is 0 Å². The molecule has 0 saturated carbocycles. The van der Waals surface area contributed by atoms with Crippen LogP contribution in [0, 0.1) is 0 Å². The minimum atomic E-state index is -0.291. The Labute approximate surface area is 76.1 Å². The van der Waals surface area contributed by atoms with Crippen molar-refractivity contribution < 1.29 is 9.53 Å². The van der Waals surface area contributed by atoms with Gasteiger partial charge in [-0.25, -0.2) is 0 Å². The Morgan fingerprint density at radius 3 is 2.73 bits per heavy atom. The molecule has 0 aliphatic rings. The summed E-state index contributed by atoms with van der Waals surface area (Å²) in [6.07, 6.45) is 2.21. The van der Waals surface area contributed by atoms with Crippen molar-refractivity contribution in [2.24, 2.45) is 0 Å². The molecular formula is C7H10Cl2O2. The van der Waals surface area contributed by atoms with Crippen LogP contribution in [-0.4, -0.2) is 18.5 Å². The van der Waals surface area contributed by atoms with Crippen molar-refractivity contribution in [1.82, 2.24) is 0 Å². The van der Waals surface area contributed by atoms with E-state index in [4.69, 9.17) is 23.2 Å². The van der Waals surface area contributed by atoms with Crippen molar-refractivity contribution in [3.05, 3.63) is 11.1 Å². The number of rotatable bonds is 4. The van der Waals surface area contributed by atoms with Gasteiger partial charge in [-0.05, 0) is 0 Å². The summed E-state index contributed by atoms with van der Waals surface area (Å²) in [5.74, 6) is 0.0965. The second-order valence-corrected chi connectivity index (χ2v) is 2.69. The van der Waals surface area contributed by atoms with Crippen molar-refractivity contribution >= 4 is 29.2 Å². The standard InChI is InChI=1S/C7H10Cl2O2/c1-6(10)11-5-3-7(9)2-4-8/h2H,3-5H2,1H3/b7-2-. The van der Waals surface area contributed by atoms with Crippen LogP contribution in [-0.2, 0) is 9.53 Å². The van der Waals surface area contributed by atoms with Crippen LogP contribution in [0.3, 0.4) is 0 Å². The summed E-state index contributed by atoms with van der Waals surface area (Å²) in [5, 5.41) is 0.626. The normalized spacial score (nSPS) is 11.4. The van der Waals surface area contributed by atoms with Crippen LogP contribution in [0.15, 0.2) is 11.1 Å². The van der Waals surface area contributed by atoms with Crippen LogP contribution in [0.5, 0.6) is 0 Å². The number of carbonyl (C=O) groups excluding carboxylic acids is 1. The number of halogens is 2. The van der Waals surface area contributed by atoms with E-state index in [0.29, 0.717) is 23.9 Å². The van der Waals surface area contributed by atoms with Gasteiger partial charge in [-0.3, -0.25) is 4.79 Å². The average molecular weight is 197 g/mol. The van der Waals surface area contributed by atoms with Crippen molar-refractivity contribution in [1.29, 1.82) is 0 Å². The number of ether oxygens (including phenoxy) is 1. The Hall–Kier alpha value is -0.210. The molecule has 0 fully saturated rings. The third-order valence-electron chi connectivity index (χ3n) is 0.945. The molecule has 0 amide bonds. The molecule has 0 aliphatic carbocycles.